The molecule has 0 bridgehead atoms. The number of ether oxygens (including phenoxy) is 1. The van der Waals surface area contributed by atoms with Crippen molar-refractivity contribution in [2.45, 2.75) is 88.7 Å². The first-order valence-electron chi connectivity index (χ1n) is 11.8. The lowest BCUT2D eigenvalue weighted by Gasteiger charge is -2.44. The first-order valence-corrected chi connectivity index (χ1v) is 13.2. The van der Waals surface area contributed by atoms with Gasteiger partial charge in [0.25, 0.3) is 0 Å². The molecule has 0 heterocycles. The zero-order valence-electron chi connectivity index (χ0n) is 19.8. The summed E-state index contributed by atoms with van der Waals surface area (Å²) in [6, 6.07) is 10.5. The highest BCUT2D eigenvalue weighted by molar-refractivity contribution is 7.83. The van der Waals surface area contributed by atoms with E-state index >= 15 is 0 Å². The minimum Gasteiger partial charge on any atom is -0.459 e. The van der Waals surface area contributed by atoms with Gasteiger partial charge in [-0.05, 0) is 51.8 Å². The zero-order chi connectivity index (χ0) is 23.6. The summed E-state index contributed by atoms with van der Waals surface area (Å²) < 4.78 is 37.2. The van der Waals surface area contributed by atoms with Crippen LogP contribution in [0.3, 0.4) is 0 Å². The quantitative estimate of drug-likeness (QED) is 0.457. The summed E-state index contributed by atoms with van der Waals surface area (Å²) in [6.07, 6.45) is 10.3. The van der Waals surface area contributed by atoms with Crippen molar-refractivity contribution in [1.29, 1.82) is 0 Å². The molecule has 1 aromatic rings. The highest BCUT2D eigenvalue weighted by Crippen LogP contribution is 2.45. The number of hydrogen-bond donors (Lipinski definition) is 2. The third kappa shape index (κ3) is 9.17. The molecule has 2 aliphatic rings. The molecular formula is C24H40N2O5S. The minimum atomic E-state index is -3.97. The van der Waals surface area contributed by atoms with E-state index in [4.69, 9.17) is 9.29 Å². The smallest absolute Gasteiger partial charge is 0.333 e. The van der Waals surface area contributed by atoms with Gasteiger partial charge in [-0.2, -0.15) is 13.1 Å². The Morgan fingerprint density at radius 3 is 2.28 bits per heavy atom. The van der Waals surface area contributed by atoms with Crippen LogP contribution in [0.25, 0.3) is 0 Å². The van der Waals surface area contributed by atoms with Gasteiger partial charge in [0.15, 0.2) is 0 Å². The molecule has 0 saturated heterocycles. The van der Waals surface area contributed by atoms with Crippen LogP contribution in [0, 0.1) is 0 Å². The Labute approximate surface area is 193 Å². The van der Waals surface area contributed by atoms with Gasteiger partial charge in [-0.1, -0.05) is 56.0 Å². The van der Waals surface area contributed by atoms with E-state index in [0.717, 1.165) is 57.9 Å². The lowest BCUT2D eigenvalue weighted by atomic mass is 9.70. The first kappa shape index (κ1) is 26.8. The molecular weight excluding hydrogens is 428 g/mol. The molecule has 2 N–H and O–H groups in total. The van der Waals surface area contributed by atoms with Gasteiger partial charge in [-0.3, -0.25) is 9.35 Å². The molecule has 0 amide bonds. The molecule has 1 aromatic carbocycles. The molecule has 182 valence electrons. The Morgan fingerprint density at radius 1 is 1.09 bits per heavy atom. The van der Waals surface area contributed by atoms with Crippen molar-refractivity contribution in [3.05, 3.63) is 35.9 Å². The molecule has 2 aliphatic carbocycles. The summed E-state index contributed by atoms with van der Waals surface area (Å²) in [5.41, 5.74) is 0.965. The fourth-order valence-electron chi connectivity index (χ4n) is 4.97. The predicted molar refractivity (Wildman–Crippen MR) is 127 cm³/mol. The van der Waals surface area contributed by atoms with Crippen LogP contribution in [0.2, 0.25) is 0 Å². The summed E-state index contributed by atoms with van der Waals surface area (Å²) in [7, 11) is 0.169. The molecule has 0 spiro atoms. The average Bonchev–Trinajstić information content (AvgIpc) is 2.73. The van der Waals surface area contributed by atoms with E-state index in [1.807, 2.05) is 6.07 Å². The summed E-state index contributed by atoms with van der Waals surface area (Å²) in [6.45, 7) is 2.48. The monoisotopic (exact) mass is 468 g/mol. The molecule has 2 atom stereocenters. The van der Waals surface area contributed by atoms with Gasteiger partial charge in [-0.15, -0.1) is 0 Å². The predicted octanol–water partition coefficient (Wildman–Crippen LogP) is 4.31. The number of benzene rings is 1. The van der Waals surface area contributed by atoms with Crippen LogP contribution in [0.1, 0.15) is 82.6 Å². The Kier molecular flexibility index (Phi) is 10.6. The molecule has 2 saturated carbocycles. The zero-order valence-corrected chi connectivity index (χ0v) is 20.6. The van der Waals surface area contributed by atoms with Crippen molar-refractivity contribution in [3.63, 3.8) is 0 Å². The summed E-state index contributed by atoms with van der Waals surface area (Å²) in [5.74, 6) is 0.160. The van der Waals surface area contributed by atoms with Gasteiger partial charge >= 0.3 is 16.3 Å². The largest absolute Gasteiger partial charge is 0.459 e. The second-order valence-corrected chi connectivity index (χ2v) is 10.5. The lowest BCUT2D eigenvalue weighted by Crippen LogP contribution is -2.45. The van der Waals surface area contributed by atoms with Crippen molar-refractivity contribution in [3.8, 4) is 0 Å². The van der Waals surface area contributed by atoms with Gasteiger partial charge < -0.3 is 9.64 Å². The highest BCUT2D eigenvalue weighted by Gasteiger charge is 2.44. The van der Waals surface area contributed by atoms with E-state index < -0.39 is 10.3 Å². The molecule has 8 heteroatoms. The maximum Gasteiger partial charge on any atom is 0.333 e. The van der Waals surface area contributed by atoms with Crippen molar-refractivity contribution in [1.82, 2.24) is 9.62 Å². The van der Waals surface area contributed by atoms with E-state index in [-0.39, 0.29) is 17.6 Å². The fourth-order valence-corrected chi connectivity index (χ4v) is 5.63. The summed E-state index contributed by atoms with van der Waals surface area (Å²) in [5, 5.41) is 0. The third-order valence-corrected chi connectivity index (χ3v) is 7.06. The van der Waals surface area contributed by atoms with Crippen molar-refractivity contribution < 1.29 is 22.5 Å². The second kappa shape index (κ2) is 12.7. The Morgan fingerprint density at radius 2 is 1.72 bits per heavy atom. The van der Waals surface area contributed by atoms with Crippen molar-refractivity contribution in [2.24, 2.45) is 0 Å². The van der Waals surface area contributed by atoms with Crippen LogP contribution in [-0.2, 0) is 19.8 Å². The van der Waals surface area contributed by atoms with Crippen LogP contribution in [-0.4, -0.2) is 56.1 Å². The number of carbonyl (C=O) groups is 1. The molecule has 0 aliphatic heterocycles. The Balaban J connectivity index is 0.000000278. The number of nitrogens with one attached hydrogen (secondary N) is 1. The van der Waals surface area contributed by atoms with Gasteiger partial charge in [0.1, 0.15) is 5.60 Å². The molecule has 7 nitrogen and oxygen atoms in total. The standard InChI is InChI=1S/C18H27NO2.C6H13NO3S/c1-15(20)21-18(13-14-19(2)3)12-8-7-11-17(18)16-9-5-4-6-10-16;8-11(9,10)7-6-4-2-1-3-5-6/h4-6,9-10,17H,7-8,11-14H2,1-3H3;6-7H,1-5H2,(H,8,9,10). The van der Waals surface area contributed by atoms with Crippen LogP contribution >= 0.6 is 0 Å². The number of esters is 1. The third-order valence-electron chi connectivity index (χ3n) is 6.43. The van der Waals surface area contributed by atoms with Gasteiger partial charge in [0, 0.05) is 31.8 Å². The van der Waals surface area contributed by atoms with Gasteiger partial charge in [-0.25, -0.2) is 0 Å². The molecule has 2 unspecified atom stereocenters. The van der Waals surface area contributed by atoms with Crippen LogP contribution in [0.5, 0.6) is 0 Å². The number of hydrogen-bond acceptors (Lipinski definition) is 5. The van der Waals surface area contributed by atoms with Crippen molar-refractivity contribution in [2.75, 3.05) is 20.6 Å². The normalized spacial score (nSPS) is 24.5. The van der Waals surface area contributed by atoms with Gasteiger partial charge in [0.05, 0.1) is 0 Å². The van der Waals surface area contributed by atoms with Crippen LogP contribution < -0.4 is 4.72 Å². The van der Waals surface area contributed by atoms with E-state index in [2.05, 4.69) is 48.0 Å². The minimum absolute atomic E-state index is 0.0428. The topological polar surface area (TPSA) is 95.9 Å². The first-order chi connectivity index (χ1) is 15.1. The SMILES string of the molecule is CC(=O)OC1(CCN(C)C)CCCCC1c1ccccc1.O=S(=O)(O)NC1CCCCC1. The number of nitrogens with zero attached hydrogens (tertiary/aromatic N) is 1. The molecule has 3 rings (SSSR count). The fraction of sp³-hybridized carbons (Fsp3) is 0.708. The van der Waals surface area contributed by atoms with Crippen LogP contribution in [0.15, 0.2) is 30.3 Å². The average molecular weight is 469 g/mol. The molecule has 32 heavy (non-hydrogen) atoms. The van der Waals surface area contributed by atoms with Gasteiger partial charge in [0.2, 0.25) is 0 Å². The highest BCUT2D eigenvalue weighted by atomic mass is 32.2. The number of rotatable bonds is 7. The van der Waals surface area contributed by atoms with Crippen LogP contribution in [0.4, 0.5) is 0 Å². The summed E-state index contributed by atoms with van der Waals surface area (Å²) in [4.78, 5) is 13.9. The number of carbonyl (C=O) groups excluding carboxylic acids is 1. The van der Waals surface area contributed by atoms with E-state index in [1.165, 1.54) is 25.3 Å². The summed E-state index contributed by atoms with van der Waals surface area (Å²) >= 11 is 0. The molecule has 0 aromatic heterocycles. The second-order valence-electron chi connectivity index (χ2n) is 9.35. The Bertz CT molecular complexity index is 794. The maximum atomic E-state index is 11.7. The van der Waals surface area contributed by atoms with E-state index in [0.29, 0.717) is 5.92 Å². The van der Waals surface area contributed by atoms with E-state index in [9.17, 15) is 13.2 Å². The maximum absolute atomic E-state index is 11.7. The van der Waals surface area contributed by atoms with Crippen molar-refractivity contribution >= 4 is 16.3 Å². The molecule has 0 radical (unpaired) electrons. The molecule has 2 fully saturated rings. The Hall–Kier alpha value is -1.48. The van der Waals surface area contributed by atoms with E-state index in [1.54, 1.807) is 0 Å². The lowest BCUT2D eigenvalue weighted by molar-refractivity contribution is -0.164.